The quantitative estimate of drug-likeness (QED) is 0.896. The van der Waals surface area contributed by atoms with Gasteiger partial charge in [-0.05, 0) is 53.0 Å². The molecular formula is C13H16BrClN2O2. The monoisotopic (exact) mass is 346 g/mol. The summed E-state index contributed by atoms with van der Waals surface area (Å²) in [6.07, 6.45) is 0.560. The molecular weight excluding hydrogens is 332 g/mol. The van der Waals surface area contributed by atoms with Gasteiger partial charge in [0.2, 0.25) is 0 Å². The molecule has 0 radical (unpaired) electrons. The van der Waals surface area contributed by atoms with Crippen molar-refractivity contribution in [3.8, 4) is 0 Å². The van der Waals surface area contributed by atoms with Crippen molar-refractivity contribution in [2.45, 2.75) is 39.3 Å². The van der Waals surface area contributed by atoms with Gasteiger partial charge in [0.15, 0.2) is 5.22 Å². The van der Waals surface area contributed by atoms with Crippen LogP contribution in [0.5, 0.6) is 0 Å². The fourth-order valence-corrected chi connectivity index (χ4v) is 2.88. The molecule has 1 N–H and O–H groups in total. The summed E-state index contributed by atoms with van der Waals surface area (Å²) in [6.45, 7) is 4.84. The predicted molar refractivity (Wildman–Crippen MR) is 77.4 cm³/mol. The number of aromatic nitrogens is 2. The van der Waals surface area contributed by atoms with Crippen molar-refractivity contribution >= 4 is 27.5 Å². The molecule has 0 aromatic carbocycles. The van der Waals surface area contributed by atoms with Crippen LogP contribution in [0.3, 0.4) is 0 Å². The number of hydrogen-bond donors (Lipinski definition) is 1. The topological polar surface area (TPSA) is 51.2 Å². The number of nitrogens with zero attached hydrogens (tertiary/aromatic N) is 2. The summed E-state index contributed by atoms with van der Waals surface area (Å²) in [7, 11) is 0. The molecule has 0 amide bonds. The number of rotatable bonds is 5. The van der Waals surface area contributed by atoms with Gasteiger partial charge >= 0.3 is 0 Å². The highest BCUT2D eigenvalue weighted by Gasteiger charge is 2.20. The van der Waals surface area contributed by atoms with Crippen LogP contribution in [-0.2, 0) is 19.4 Å². The van der Waals surface area contributed by atoms with Crippen molar-refractivity contribution in [3.05, 3.63) is 39.0 Å². The molecule has 0 fully saturated rings. The van der Waals surface area contributed by atoms with Gasteiger partial charge in [-0.1, -0.05) is 6.92 Å². The van der Waals surface area contributed by atoms with E-state index in [0.717, 1.165) is 28.8 Å². The Kier molecular flexibility index (Phi) is 4.71. The molecule has 0 bridgehead atoms. The van der Waals surface area contributed by atoms with Crippen LogP contribution in [0.2, 0.25) is 5.22 Å². The van der Waals surface area contributed by atoms with E-state index in [1.54, 1.807) is 12.1 Å². The van der Waals surface area contributed by atoms with E-state index < -0.39 is 6.10 Å². The molecule has 4 nitrogen and oxygen atoms in total. The molecule has 0 spiro atoms. The van der Waals surface area contributed by atoms with Crippen LogP contribution in [0.1, 0.15) is 37.1 Å². The molecule has 0 saturated carbocycles. The third-order valence-electron chi connectivity index (χ3n) is 3.00. The first-order valence-corrected chi connectivity index (χ1v) is 7.41. The Morgan fingerprint density at radius 3 is 2.74 bits per heavy atom. The first-order chi connectivity index (χ1) is 9.06. The highest BCUT2D eigenvalue weighted by atomic mass is 79.9. The van der Waals surface area contributed by atoms with Crippen molar-refractivity contribution in [3.63, 3.8) is 0 Å². The molecule has 2 aromatic rings. The van der Waals surface area contributed by atoms with Gasteiger partial charge in [0.25, 0.3) is 0 Å². The molecule has 2 rings (SSSR count). The summed E-state index contributed by atoms with van der Waals surface area (Å²) in [6, 6.07) is 3.32. The van der Waals surface area contributed by atoms with Crippen LogP contribution in [0.25, 0.3) is 0 Å². The molecule has 2 heterocycles. The van der Waals surface area contributed by atoms with E-state index in [1.807, 2.05) is 11.6 Å². The average molecular weight is 348 g/mol. The zero-order valence-corrected chi connectivity index (χ0v) is 13.2. The minimum atomic E-state index is -0.726. The third-order valence-corrected chi connectivity index (χ3v) is 4.12. The number of furan rings is 1. The van der Waals surface area contributed by atoms with Gasteiger partial charge in [-0.2, -0.15) is 5.10 Å². The zero-order valence-electron chi connectivity index (χ0n) is 10.9. The summed E-state index contributed by atoms with van der Waals surface area (Å²) in [5, 5.41) is 15.0. The average Bonchev–Trinajstić information content (AvgIpc) is 2.95. The van der Waals surface area contributed by atoms with E-state index in [4.69, 9.17) is 16.0 Å². The van der Waals surface area contributed by atoms with Gasteiger partial charge in [0.05, 0.1) is 15.9 Å². The largest absolute Gasteiger partial charge is 0.447 e. The van der Waals surface area contributed by atoms with Gasteiger partial charge in [-0.25, -0.2) is 0 Å². The van der Waals surface area contributed by atoms with Gasteiger partial charge < -0.3 is 9.52 Å². The maximum absolute atomic E-state index is 10.2. The number of aliphatic hydroxyl groups excluding tert-OH is 1. The van der Waals surface area contributed by atoms with E-state index in [-0.39, 0.29) is 5.22 Å². The normalized spacial score (nSPS) is 12.9. The SMILES string of the molecule is CCc1nn(CC)c(CC(O)c2ccc(Cl)o2)c1Br. The maximum atomic E-state index is 10.2. The minimum Gasteiger partial charge on any atom is -0.447 e. The van der Waals surface area contributed by atoms with Gasteiger partial charge in [0.1, 0.15) is 11.9 Å². The Bertz CT molecular complexity index is 565. The highest BCUT2D eigenvalue weighted by molar-refractivity contribution is 9.10. The summed E-state index contributed by atoms with van der Waals surface area (Å²) in [4.78, 5) is 0. The molecule has 6 heteroatoms. The summed E-state index contributed by atoms with van der Waals surface area (Å²) < 4.78 is 8.10. The van der Waals surface area contributed by atoms with E-state index in [1.165, 1.54) is 0 Å². The molecule has 2 aromatic heterocycles. The Balaban J connectivity index is 2.25. The smallest absolute Gasteiger partial charge is 0.193 e. The fraction of sp³-hybridized carbons (Fsp3) is 0.462. The lowest BCUT2D eigenvalue weighted by Crippen LogP contribution is -2.08. The first-order valence-electron chi connectivity index (χ1n) is 6.24. The highest BCUT2D eigenvalue weighted by Crippen LogP contribution is 2.28. The molecule has 0 aliphatic heterocycles. The van der Waals surface area contributed by atoms with Crippen molar-refractivity contribution in [2.24, 2.45) is 0 Å². The van der Waals surface area contributed by atoms with Gasteiger partial charge in [-0.15, -0.1) is 0 Å². The van der Waals surface area contributed by atoms with E-state index in [2.05, 4.69) is 28.0 Å². The molecule has 19 heavy (non-hydrogen) atoms. The van der Waals surface area contributed by atoms with Crippen LogP contribution in [-0.4, -0.2) is 14.9 Å². The maximum Gasteiger partial charge on any atom is 0.193 e. The zero-order chi connectivity index (χ0) is 14.0. The summed E-state index contributed by atoms with van der Waals surface area (Å²) >= 11 is 9.28. The van der Waals surface area contributed by atoms with Crippen LogP contribution < -0.4 is 0 Å². The second-order valence-corrected chi connectivity index (χ2v) is 5.40. The molecule has 0 aliphatic carbocycles. The predicted octanol–water partition coefficient (Wildman–Crippen LogP) is 3.75. The first kappa shape index (κ1) is 14.6. The summed E-state index contributed by atoms with van der Waals surface area (Å²) in [5.74, 6) is 0.471. The third kappa shape index (κ3) is 3.04. The lowest BCUT2D eigenvalue weighted by Gasteiger charge is -2.10. The second-order valence-electron chi connectivity index (χ2n) is 4.24. The number of aryl methyl sites for hydroxylation is 2. The standard InChI is InChI=1S/C13H16BrClN2O2/c1-3-8-13(14)9(17(4-2)16-8)7-10(18)11-5-6-12(15)19-11/h5-6,10,18H,3-4,7H2,1-2H3. The van der Waals surface area contributed by atoms with Crippen molar-refractivity contribution in [2.75, 3.05) is 0 Å². The Labute approximate surface area is 125 Å². The van der Waals surface area contributed by atoms with Crippen LogP contribution >= 0.6 is 27.5 Å². The summed E-state index contributed by atoms with van der Waals surface area (Å²) in [5.41, 5.74) is 1.97. The van der Waals surface area contributed by atoms with E-state index >= 15 is 0 Å². The molecule has 104 valence electrons. The lowest BCUT2D eigenvalue weighted by molar-refractivity contribution is 0.147. The van der Waals surface area contributed by atoms with Crippen molar-refractivity contribution < 1.29 is 9.52 Å². The molecule has 1 unspecified atom stereocenters. The van der Waals surface area contributed by atoms with Crippen LogP contribution in [0, 0.1) is 0 Å². The molecule has 0 saturated heterocycles. The number of halogens is 2. The van der Waals surface area contributed by atoms with Crippen molar-refractivity contribution in [1.82, 2.24) is 9.78 Å². The van der Waals surface area contributed by atoms with Crippen LogP contribution in [0.15, 0.2) is 21.0 Å². The Morgan fingerprint density at radius 1 is 1.47 bits per heavy atom. The second kappa shape index (κ2) is 6.11. The Morgan fingerprint density at radius 2 is 2.21 bits per heavy atom. The van der Waals surface area contributed by atoms with Gasteiger partial charge in [0, 0.05) is 13.0 Å². The fourth-order valence-electron chi connectivity index (χ4n) is 2.00. The van der Waals surface area contributed by atoms with E-state index in [0.29, 0.717) is 12.2 Å². The minimum absolute atomic E-state index is 0.284. The lowest BCUT2D eigenvalue weighted by atomic mass is 10.1. The molecule has 0 aliphatic rings. The molecule has 1 atom stereocenters. The van der Waals surface area contributed by atoms with Gasteiger partial charge in [-0.3, -0.25) is 4.68 Å². The van der Waals surface area contributed by atoms with Crippen molar-refractivity contribution in [1.29, 1.82) is 0 Å². The number of aliphatic hydroxyl groups is 1. The van der Waals surface area contributed by atoms with Crippen LogP contribution in [0.4, 0.5) is 0 Å². The Hall–Kier alpha value is -0.780. The number of hydrogen-bond acceptors (Lipinski definition) is 3. The van der Waals surface area contributed by atoms with E-state index in [9.17, 15) is 5.11 Å².